The average molecular weight is 277 g/mol. The minimum atomic E-state index is -0.931. The molecule has 1 aliphatic rings. The van der Waals surface area contributed by atoms with Crippen molar-refractivity contribution in [2.24, 2.45) is 0 Å². The van der Waals surface area contributed by atoms with E-state index in [1.54, 1.807) is 24.3 Å². The Morgan fingerprint density at radius 1 is 1.25 bits per heavy atom. The highest BCUT2D eigenvalue weighted by Gasteiger charge is 2.21. The number of amides is 1. The first-order valence-electron chi connectivity index (χ1n) is 6.88. The number of rotatable bonds is 5. The predicted molar refractivity (Wildman–Crippen MR) is 73.7 cm³/mol. The van der Waals surface area contributed by atoms with Gasteiger partial charge in [0, 0.05) is 13.2 Å². The van der Waals surface area contributed by atoms with Gasteiger partial charge in [0.25, 0.3) is 0 Å². The normalized spacial score (nSPS) is 18.5. The van der Waals surface area contributed by atoms with Gasteiger partial charge >= 0.3 is 5.97 Å². The van der Waals surface area contributed by atoms with E-state index in [0.29, 0.717) is 19.6 Å². The topological polar surface area (TPSA) is 75.6 Å². The molecular weight excluding hydrogens is 258 g/mol. The Kier molecular flexibility index (Phi) is 5.12. The third kappa shape index (κ3) is 4.06. The minimum absolute atomic E-state index is 0.0492. The van der Waals surface area contributed by atoms with Crippen LogP contribution in [0.3, 0.4) is 0 Å². The fourth-order valence-electron chi connectivity index (χ4n) is 2.21. The highest BCUT2D eigenvalue weighted by Crippen LogP contribution is 2.12. The number of benzene rings is 1. The van der Waals surface area contributed by atoms with Crippen LogP contribution in [0, 0.1) is 0 Å². The van der Waals surface area contributed by atoms with E-state index in [2.05, 4.69) is 5.32 Å². The molecule has 1 aromatic rings. The smallest absolute Gasteiger partial charge is 0.335 e. The number of aromatic carboxylic acids is 1. The summed E-state index contributed by atoms with van der Waals surface area (Å²) < 4.78 is 5.41. The van der Waals surface area contributed by atoms with E-state index in [1.165, 1.54) is 0 Å². The van der Waals surface area contributed by atoms with Gasteiger partial charge in [-0.05, 0) is 43.4 Å². The van der Waals surface area contributed by atoms with Crippen molar-refractivity contribution in [3.63, 3.8) is 0 Å². The average Bonchev–Trinajstić information content (AvgIpc) is 2.48. The van der Waals surface area contributed by atoms with Gasteiger partial charge in [0.2, 0.25) is 5.91 Å². The molecule has 1 amide bonds. The van der Waals surface area contributed by atoms with Crippen LogP contribution in [0.25, 0.3) is 0 Å². The molecular formula is C15H19NO4. The fraction of sp³-hybridized carbons (Fsp3) is 0.467. The summed E-state index contributed by atoms with van der Waals surface area (Å²) in [5, 5.41) is 11.7. The van der Waals surface area contributed by atoms with Crippen molar-refractivity contribution in [2.75, 3.05) is 13.2 Å². The molecule has 1 aromatic carbocycles. The van der Waals surface area contributed by atoms with Crippen LogP contribution in [-0.2, 0) is 16.0 Å². The second-order valence-corrected chi connectivity index (χ2v) is 4.90. The van der Waals surface area contributed by atoms with Gasteiger partial charge in [0.05, 0.1) is 5.56 Å². The molecule has 2 N–H and O–H groups in total. The van der Waals surface area contributed by atoms with E-state index >= 15 is 0 Å². The Morgan fingerprint density at radius 2 is 2.00 bits per heavy atom. The second kappa shape index (κ2) is 7.05. The molecule has 5 heteroatoms. The maximum atomic E-state index is 11.8. The monoisotopic (exact) mass is 277 g/mol. The molecule has 0 spiro atoms. The van der Waals surface area contributed by atoms with Crippen molar-refractivity contribution in [3.8, 4) is 0 Å². The standard InChI is InChI=1S/C15H19NO4/c17-14(13-3-1-2-10-20-13)16-9-8-11-4-6-12(7-5-11)15(18)19/h4-7,13H,1-3,8-10H2,(H,16,17)(H,18,19). The zero-order chi connectivity index (χ0) is 14.4. The van der Waals surface area contributed by atoms with Gasteiger partial charge in [0.15, 0.2) is 0 Å². The molecule has 1 unspecified atom stereocenters. The Bertz CT molecular complexity index is 463. The summed E-state index contributed by atoms with van der Waals surface area (Å²) in [6.07, 6.45) is 3.23. The van der Waals surface area contributed by atoms with E-state index in [4.69, 9.17) is 9.84 Å². The van der Waals surface area contributed by atoms with Gasteiger partial charge in [-0.15, -0.1) is 0 Å². The van der Waals surface area contributed by atoms with Gasteiger partial charge in [-0.1, -0.05) is 12.1 Å². The van der Waals surface area contributed by atoms with Crippen molar-refractivity contribution >= 4 is 11.9 Å². The van der Waals surface area contributed by atoms with Crippen molar-refractivity contribution in [1.82, 2.24) is 5.32 Å². The Balaban J connectivity index is 1.74. The highest BCUT2D eigenvalue weighted by atomic mass is 16.5. The maximum absolute atomic E-state index is 11.8. The minimum Gasteiger partial charge on any atom is -0.478 e. The van der Waals surface area contributed by atoms with Gasteiger partial charge in [-0.3, -0.25) is 4.79 Å². The largest absolute Gasteiger partial charge is 0.478 e. The lowest BCUT2D eigenvalue weighted by atomic mass is 10.1. The van der Waals surface area contributed by atoms with Gasteiger partial charge in [-0.2, -0.15) is 0 Å². The SMILES string of the molecule is O=C(O)c1ccc(CCNC(=O)C2CCCCO2)cc1. The number of nitrogens with one attached hydrogen (secondary N) is 1. The molecule has 1 saturated heterocycles. The van der Waals surface area contributed by atoms with Crippen LogP contribution in [-0.4, -0.2) is 36.2 Å². The number of hydrogen-bond donors (Lipinski definition) is 2. The molecule has 0 radical (unpaired) electrons. The lowest BCUT2D eigenvalue weighted by molar-refractivity contribution is -0.135. The molecule has 2 rings (SSSR count). The summed E-state index contributed by atoms with van der Waals surface area (Å²) in [6.45, 7) is 1.19. The number of ether oxygens (including phenoxy) is 1. The van der Waals surface area contributed by atoms with Crippen molar-refractivity contribution < 1.29 is 19.4 Å². The number of hydrogen-bond acceptors (Lipinski definition) is 3. The number of carboxylic acids is 1. The molecule has 108 valence electrons. The molecule has 0 bridgehead atoms. The molecule has 1 aliphatic heterocycles. The van der Waals surface area contributed by atoms with Crippen LogP contribution in [0.5, 0.6) is 0 Å². The number of carbonyl (C=O) groups excluding carboxylic acids is 1. The van der Waals surface area contributed by atoms with Crippen LogP contribution in [0.2, 0.25) is 0 Å². The first-order valence-corrected chi connectivity index (χ1v) is 6.88. The Morgan fingerprint density at radius 3 is 2.60 bits per heavy atom. The van der Waals surface area contributed by atoms with Crippen molar-refractivity contribution in [1.29, 1.82) is 0 Å². The third-order valence-electron chi connectivity index (χ3n) is 3.39. The van der Waals surface area contributed by atoms with Crippen molar-refractivity contribution in [2.45, 2.75) is 31.8 Å². The summed E-state index contributed by atoms with van der Waals surface area (Å²) in [4.78, 5) is 22.5. The predicted octanol–water partition coefficient (Wildman–Crippen LogP) is 1.61. The van der Waals surface area contributed by atoms with Crippen LogP contribution in [0.4, 0.5) is 0 Å². The number of carboxylic acid groups (broad SMARTS) is 1. The summed E-state index contributed by atoms with van der Waals surface area (Å²) in [5.41, 5.74) is 1.27. The first kappa shape index (κ1) is 14.5. The lowest BCUT2D eigenvalue weighted by Crippen LogP contribution is -2.39. The molecule has 1 atom stereocenters. The van der Waals surface area contributed by atoms with E-state index in [0.717, 1.165) is 24.8 Å². The van der Waals surface area contributed by atoms with Crippen molar-refractivity contribution in [3.05, 3.63) is 35.4 Å². The Labute approximate surface area is 117 Å². The molecule has 1 heterocycles. The molecule has 5 nitrogen and oxygen atoms in total. The summed E-state index contributed by atoms with van der Waals surface area (Å²) >= 11 is 0. The molecule has 1 fully saturated rings. The van der Waals surface area contributed by atoms with Crippen LogP contribution in [0.1, 0.15) is 35.2 Å². The van der Waals surface area contributed by atoms with Gasteiger partial charge in [-0.25, -0.2) is 4.79 Å². The van der Waals surface area contributed by atoms with Crippen LogP contribution >= 0.6 is 0 Å². The molecule has 0 aliphatic carbocycles. The van der Waals surface area contributed by atoms with E-state index in [9.17, 15) is 9.59 Å². The fourth-order valence-corrected chi connectivity index (χ4v) is 2.21. The number of carbonyl (C=O) groups is 2. The summed E-state index contributed by atoms with van der Waals surface area (Å²) in [6, 6.07) is 6.69. The quantitative estimate of drug-likeness (QED) is 0.857. The van der Waals surface area contributed by atoms with E-state index in [-0.39, 0.29) is 17.6 Å². The zero-order valence-corrected chi connectivity index (χ0v) is 11.3. The summed E-state index contributed by atoms with van der Waals surface area (Å²) in [7, 11) is 0. The van der Waals surface area contributed by atoms with E-state index < -0.39 is 5.97 Å². The van der Waals surface area contributed by atoms with E-state index in [1.807, 2.05) is 0 Å². The highest BCUT2D eigenvalue weighted by molar-refractivity contribution is 5.87. The first-order chi connectivity index (χ1) is 9.66. The van der Waals surface area contributed by atoms with Crippen LogP contribution < -0.4 is 5.32 Å². The maximum Gasteiger partial charge on any atom is 0.335 e. The van der Waals surface area contributed by atoms with Gasteiger partial charge < -0.3 is 15.2 Å². The summed E-state index contributed by atoms with van der Waals surface area (Å²) in [5.74, 6) is -0.980. The molecule has 20 heavy (non-hydrogen) atoms. The lowest BCUT2D eigenvalue weighted by Gasteiger charge is -2.21. The molecule has 0 saturated carbocycles. The van der Waals surface area contributed by atoms with Gasteiger partial charge in [0.1, 0.15) is 6.10 Å². The molecule has 0 aromatic heterocycles. The van der Waals surface area contributed by atoms with Crippen LogP contribution in [0.15, 0.2) is 24.3 Å². The third-order valence-corrected chi connectivity index (χ3v) is 3.39. The Hall–Kier alpha value is -1.88. The zero-order valence-electron chi connectivity index (χ0n) is 11.3. The second-order valence-electron chi connectivity index (χ2n) is 4.90.